The van der Waals surface area contributed by atoms with Crippen LogP contribution in [-0.2, 0) is 26.6 Å². The van der Waals surface area contributed by atoms with Crippen LogP contribution in [0, 0.1) is 5.92 Å². The van der Waals surface area contributed by atoms with Crippen LogP contribution in [0.25, 0.3) is 0 Å². The predicted molar refractivity (Wildman–Crippen MR) is 139 cm³/mol. The van der Waals surface area contributed by atoms with E-state index in [1.54, 1.807) is 0 Å². The Balaban J connectivity index is 1.59. The van der Waals surface area contributed by atoms with Crippen LogP contribution in [0.4, 0.5) is 26.3 Å². The molecule has 0 aliphatic carbocycles. The monoisotopic (exact) mass is 573 g/mol. The molecule has 0 aromatic heterocycles. The summed E-state index contributed by atoms with van der Waals surface area (Å²) in [5, 5.41) is 0. The van der Waals surface area contributed by atoms with E-state index in [9.17, 15) is 26.3 Å². The van der Waals surface area contributed by atoms with Crippen LogP contribution in [0.1, 0.15) is 74.3 Å². The van der Waals surface area contributed by atoms with Crippen LogP contribution < -0.4 is 0 Å². The van der Waals surface area contributed by atoms with Gasteiger partial charge in [-0.1, -0.05) is 44.2 Å². The first-order valence-corrected chi connectivity index (χ1v) is 13.9. The number of halogens is 6. The van der Waals surface area contributed by atoms with Crippen LogP contribution in [0.2, 0.25) is 0 Å². The highest BCUT2D eigenvalue weighted by atomic mass is 19.4. The summed E-state index contributed by atoms with van der Waals surface area (Å²) in [6.07, 6.45) is -9.28. The zero-order valence-corrected chi connectivity index (χ0v) is 23.0. The molecule has 0 N–H and O–H groups in total. The fourth-order valence-corrected chi connectivity index (χ4v) is 5.87. The summed E-state index contributed by atoms with van der Waals surface area (Å²) in [5.74, 6) is -0.287. The van der Waals surface area contributed by atoms with Crippen molar-refractivity contribution < 1.29 is 40.6 Å². The Morgan fingerprint density at radius 2 is 1.52 bits per heavy atom. The molecule has 2 aliphatic rings. The Kier molecular flexibility index (Phi) is 9.86. The maximum Gasteiger partial charge on any atom is 0.416 e. The molecule has 0 radical (unpaired) electrons. The van der Waals surface area contributed by atoms with Crippen molar-refractivity contribution in [2.45, 2.75) is 82.9 Å². The lowest BCUT2D eigenvalue weighted by atomic mass is 9.77. The smallest absolute Gasteiger partial charge is 0.373 e. The second-order valence-corrected chi connectivity index (χ2v) is 10.6. The van der Waals surface area contributed by atoms with E-state index in [1.165, 1.54) is 6.92 Å². The van der Waals surface area contributed by atoms with E-state index in [4.69, 9.17) is 14.2 Å². The number of alkyl halides is 6. The first-order chi connectivity index (χ1) is 18.9. The van der Waals surface area contributed by atoms with Gasteiger partial charge in [0.25, 0.3) is 0 Å². The second-order valence-electron chi connectivity index (χ2n) is 10.6. The summed E-state index contributed by atoms with van der Waals surface area (Å²) < 4.78 is 99.6. The standard InChI is InChI=1S/C30H37F6NO3/c1-4-37(5-2)18-24-11-12-26(40-24)25-13-14-38-28(27(25)20-9-7-6-8-10-20)39-19(3)21-15-22(29(31,32)33)17-23(16-21)30(34,35)36/h6-10,15-17,19,24-28H,4-5,11-14,18H2,1-3H3/t19-,24?,25?,26?,27-,28-/m1/s1. The van der Waals surface area contributed by atoms with E-state index in [-0.39, 0.29) is 35.7 Å². The van der Waals surface area contributed by atoms with Gasteiger partial charge >= 0.3 is 12.4 Å². The fourth-order valence-electron chi connectivity index (χ4n) is 5.87. The van der Waals surface area contributed by atoms with E-state index < -0.39 is 35.9 Å². The summed E-state index contributed by atoms with van der Waals surface area (Å²) in [6, 6.07) is 11.1. The number of hydrogen-bond acceptors (Lipinski definition) is 4. The van der Waals surface area contributed by atoms with E-state index >= 15 is 0 Å². The third-order valence-electron chi connectivity index (χ3n) is 8.06. The number of rotatable bonds is 9. The SMILES string of the molecule is CCN(CC)CC1CCC(C2CCO[C@H](O[C@H](C)c3cc(C(F)(F)F)cc(C(F)(F)F)c3)[C@@H]2c2ccccc2)O1. The molecule has 6 atom stereocenters. The molecule has 0 saturated carbocycles. The molecule has 0 spiro atoms. The third-order valence-corrected chi connectivity index (χ3v) is 8.06. The molecule has 0 amide bonds. The van der Waals surface area contributed by atoms with Gasteiger partial charge < -0.3 is 19.1 Å². The second kappa shape index (κ2) is 12.8. The fraction of sp³-hybridized carbons (Fsp3) is 0.600. The van der Waals surface area contributed by atoms with Crippen molar-refractivity contribution in [2.75, 3.05) is 26.2 Å². The van der Waals surface area contributed by atoms with Gasteiger partial charge in [-0.2, -0.15) is 26.3 Å². The first-order valence-electron chi connectivity index (χ1n) is 13.9. The maximum atomic E-state index is 13.5. The van der Waals surface area contributed by atoms with Crippen molar-refractivity contribution >= 4 is 0 Å². The highest BCUT2D eigenvalue weighted by Gasteiger charge is 2.44. The van der Waals surface area contributed by atoms with E-state index in [2.05, 4.69) is 18.7 Å². The van der Waals surface area contributed by atoms with Crippen LogP contribution in [0.15, 0.2) is 48.5 Å². The molecule has 0 bridgehead atoms. The van der Waals surface area contributed by atoms with Crippen LogP contribution in [-0.4, -0.2) is 49.6 Å². The topological polar surface area (TPSA) is 30.9 Å². The molecule has 2 aromatic carbocycles. The molecule has 2 fully saturated rings. The van der Waals surface area contributed by atoms with Crippen molar-refractivity contribution in [2.24, 2.45) is 5.92 Å². The molecule has 222 valence electrons. The van der Waals surface area contributed by atoms with Crippen molar-refractivity contribution in [3.63, 3.8) is 0 Å². The zero-order chi connectivity index (χ0) is 29.1. The van der Waals surface area contributed by atoms with Crippen LogP contribution >= 0.6 is 0 Å². The van der Waals surface area contributed by atoms with Gasteiger partial charge in [0.15, 0.2) is 6.29 Å². The Morgan fingerprint density at radius 3 is 2.10 bits per heavy atom. The molecular formula is C30H37F6NO3. The average Bonchev–Trinajstić information content (AvgIpc) is 3.39. The Morgan fingerprint density at radius 1 is 0.900 bits per heavy atom. The summed E-state index contributed by atoms with van der Waals surface area (Å²) in [6.45, 7) is 8.75. The lowest BCUT2D eigenvalue weighted by Gasteiger charge is -2.42. The first kappa shape index (κ1) is 30.8. The van der Waals surface area contributed by atoms with Gasteiger partial charge in [-0.05, 0) is 74.5 Å². The minimum Gasteiger partial charge on any atom is -0.373 e. The van der Waals surface area contributed by atoms with Gasteiger partial charge in [0.2, 0.25) is 0 Å². The van der Waals surface area contributed by atoms with Gasteiger partial charge in [0.05, 0.1) is 36.0 Å². The maximum absolute atomic E-state index is 13.5. The highest BCUT2D eigenvalue weighted by Crippen LogP contribution is 2.45. The van der Waals surface area contributed by atoms with Crippen LogP contribution in [0.3, 0.4) is 0 Å². The van der Waals surface area contributed by atoms with Crippen LogP contribution in [0.5, 0.6) is 0 Å². The normalized spacial score (nSPS) is 26.8. The lowest BCUT2D eigenvalue weighted by molar-refractivity contribution is -0.219. The lowest BCUT2D eigenvalue weighted by Crippen LogP contribution is -2.42. The van der Waals surface area contributed by atoms with Crippen molar-refractivity contribution in [3.05, 3.63) is 70.8 Å². The summed E-state index contributed by atoms with van der Waals surface area (Å²) in [4.78, 5) is 2.32. The highest BCUT2D eigenvalue weighted by molar-refractivity contribution is 5.35. The molecule has 40 heavy (non-hydrogen) atoms. The number of hydrogen-bond donors (Lipinski definition) is 0. The summed E-state index contributed by atoms with van der Waals surface area (Å²) in [7, 11) is 0. The largest absolute Gasteiger partial charge is 0.416 e. The Bertz CT molecular complexity index is 1060. The Hall–Kier alpha value is -2.14. The molecular weight excluding hydrogens is 536 g/mol. The Labute approximate surface area is 231 Å². The predicted octanol–water partition coefficient (Wildman–Crippen LogP) is 7.84. The zero-order valence-electron chi connectivity index (χ0n) is 23.0. The number of nitrogens with zero attached hydrogens (tertiary/aromatic N) is 1. The minimum absolute atomic E-state index is 0.0160. The number of benzene rings is 2. The molecule has 4 rings (SSSR count). The summed E-state index contributed by atoms with van der Waals surface area (Å²) in [5.41, 5.74) is -2.02. The van der Waals surface area contributed by atoms with Gasteiger partial charge in [-0.3, -0.25) is 0 Å². The average molecular weight is 574 g/mol. The molecule has 10 heteroatoms. The molecule has 2 heterocycles. The quantitative estimate of drug-likeness (QED) is 0.286. The van der Waals surface area contributed by atoms with E-state index in [1.807, 2.05) is 30.3 Å². The minimum atomic E-state index is -4.93. The van der Waals surface area contributed by atoms with E-state index in [0.29, 0.717) is 13.0 Å². The molecule has 2 aliphatic heterocycles. The molecule has 2 saturated heterocycles. The van der Waals surface area contributed by atoms with Gasteiger partial charge in [0, 0.05) is 12.5 Å². The van der Waals surface area contributed by atoms with Crippen molar-refractivity contribution in [1.29, 1.82) is 0 Å². The molecule has 4 nitrogen and oxygen atoms in total. The number of ether oxygens (including phenoxy) is 3. The van der Waals surface area contributed by atoms with Gasteiger partial charge in [-0.25, -0.2) is 0 Å². The third kappa shape index (κ3) is 7.38. The van der Waals surface area contributed by atoms with Gasteiger partial charge in [0.1, 0.15) is 0 Å². The van der Waals surface area contributed by atoms with Crippen molar-refractivity contribution in [1.82, 2.24) is 4.90 Å². The summed E-state index contributed by atoms with van der Waals surface area (Å²) >= 11 is 0. The number of likely N-dealkylation sites (N-methyl/N-ethyl adjacent to an activating group) is 1. The van der Waals surface area contributed by atoms with Gasteiger partial charge in [-0.15, -0.1) is 0 Å². The van der Waals surface area contributed by atoms with Crippen molar-refractivity contribution in [3.8, 4) is 0 Å². The molecule has 3 unspecified atom stereocenters. The molecule has 2 aromatic rings. The van der Waals surface area contributed by atoms with E-state index in [0.717, 1.165) is 50.2 Å².